The Kier molecular flexibility index (Phi) is 193. The first-order chi connectivity index (χ1) is 1.00. The van der Waals surface area contributed by atoms with Crippen LogP contribution in [0, 0.1) is 0 Å². The molecule has 0 rings (SSSR count). The minimum absolute atomic E-state index is 0. The second kappa shape index (κ2) is 38.1. The van der Waals surface area contributed by atoms with Gasteiger partial charge in [0.15, 0.2) is 0 Å². The molecule has 0 aliphatic rings. The van der Waals surface area contributed by atoms with Crippen LogP contribution in [0.2, 0.25) is 0 Å². The summed E-state index contributed by atoms with van der Waals surface area (Å²) >= 11 is 2.15. The molecular weight excluding hydrogens is 193 g/mol. The fourth-order valence-corrected chi connectivity index (χ4v) is 0. The maximum atomic E-state index is 2.15. The lowest BCUT2D eigenvalue weighted by atomic mass is 12.0. The summed E-state index contributed by atoms with van der Waals surface area (Å²) < 4.78 is 0. The van der Waals surface area contributed by atoms with Gasteiger partial charge in [0.25, 0.3) is 0 Å². The molecule has 0 unspecified atom stereocenters. The van der Waals surface area contributed by atoms with Gasteiger partial charge in [0, 0.05) is 0 Å². The molecule has 0 aliphatic heterocycles. The van der Waals surface area contributed by atoms with Gasteiger partial charge in [0.2, 0.25) is 0 Å². The quantitative estimate of drug-likeness (QED) is 0.410. The third kappa shape index (κ3) is 12.4. The normalized spacial score (nSPS) is 1.50. The Hall–Kier alpha value is 0.950. The molecule has 0 aromatic heterocycles. The summed E-state index contributed by atoms with van der Waals surface area (Å²) in [5, 5.41) is 0. The van der Waals surface area contributed by atoms with Crippen LogP contribution in [-0.2, 0) is 0 Å². The SMILES string of the molecule is CI.Cl.F. The minimum atomic E-state index is 0. The average molecular weight is 198 g/mol. The zero-order chi connectivity index (χ0) is 2.00. The summed E-state index contributed by atoms with van der Waals surface area (Å²) in [6.07, 6.45) is 0. The Balaban J connectivity index is -0.00000000500. The molecular formula is CH5ClFI. The zero-order valence-corrected chi connectivity index (χ0v) is 5.17. The highest BCUT2D eigenvalue weighted by Gasteiger charge is 0.950. The fourth-order valence-electron chi connectivity index (χ4n) is 0. The lowest BCUT2D eigenvalue weighted by molar-refractivity contribution is 1.11. The van der Waals surface area contributed by atoms with Gasteiger partial charge in [-0.1, -0.05) is 22.6 Å². The summed E-state index contributed by atoms with van der Waals surface area (Å²) in [4.78, 5) is 1.97. The Labute approximate surface area is 44.9 Å². The van der Waals surface area contributed by atoms with Gasteiger partial charge in [0.1, 0.15) is 0 Å². The van der Waals surface area contributed by atoms with Gasteiger partial charge < -0.3 is 0 Å². The molecule has 0 fully saturated rings. The van der Waals surface area contributed by atoms with E-state index in [1.165, 1.54) is 0 Å². The van der Waals surface area contributed by atoms with Gasteiger partial charge >= 0.3 is 0 Å². The van der Waals surface area contributed by atoms with Crippen LogP contribution in [0.25, 0.3) is 0 Å². The molecule has 4 heavy (non-hydrogen) atoms. The highest BCUT2D eigenvalue weighted by molar-refractivity contribution is 14.1. The van der Waals surface area contributed by atoms with E-state index in [4.69, 9.17) is 0 Å². The zero-order valence-electron chi connectivity index (χ0n) is 2.19. The topological polar surface area (TPSA) is 0 Å². The van der Waals surface area contributed by atoms with Gasteiger partial charge in [0.05, 0.1) is 0 Å². The molecule has 0 aliphatic carbocycles. The number of hydrogen-bond donors (Lipinski definition) is 0. The van der Waals surface area contributed by atoms with E-state index in [1.54, 1.807) is 0 Å². The predicted molar refractivity (Wildman–Crippen MR) is 29.7 cm³/mol. The maximum Gasteiger partial charge on any atom is -0.0121 e. The van der Waals surface area contributed by atoms with Gasteiger partial charge in [-0.25, -0.2) is 0 Å². The van der Waals surface area contributed by atoms with Crippen molar-refractivity contribution in [2.45, 2.75) is 0 Å². The Morgan fingerprint density at radius 2 is 1.25 bits per heavy atom. The van der Waals surface area contributed by atoms with E-state index in [-0.39, 0.29) is 17.1 Å². The second-order valence-electron chi connectivity index (χ2n) is 0. The molecule has 0 saturated carbocycles. The maximum absolute atomic E-state index is 2.15. The van der Waals surface area contributed by atoms with E-state index in [0.29, 0.717) is 0 Å². The van der Waals surface area contributed by atoms with Gasteiger partial charge in [-0.05, 0) is 4.93 Å². The van der Waals surface area contributed by atoms with Crippen LogP contribution in [0.15, 0.2) is 0 Å². The molecule has 0 N–H and O–H groups in total. The molecule has 0 bridgehead atoms. The third-order valence-corrected chi connectivity index (χ3v) is 0. The van der Waals surface area contributed by atoms with Crippen LogP contribution in [0.1, 0.15) is 0 Å². The Bertz CT molecular complexity index is 8.00. The van der Waals surface area contributed by atoms with Crippen LogP contribution >= 0.6 is 35.0 Å². The van der Waals surface area contributed by atoms with Crippen LogP contribution in [0.5, 0.6) is 0 Å². The first-order valence-corrected chi connectivity index (χ1v) is 2.54. The molecule has 30 valence electrons. The van der Waals surface area contributed by atoms with Gasteiger partial charge in [-0.15, -0.1) is 12.4 Å². The minimum Gasteiger partial charge on any atom is -0.269 e. The number of hydrogen-bond acceptors (Lipinski definition) is 0. The van der Waals surface area contributed by atoms with E-state index in [9.17, 15) is 0 Å². The van der Waals surface area contributed by atoms with E-state index in [1.807, 2.05) is 4.93 Å². The van der Waals surface area contributed by atoms with E-state index >= 15 is 0 Å². The summed E-state index contributed by atoms with van der Waals surface area (Å²) in [5.74, 6) is 0. The van der Waals surface area contributed by atoms with Crippen molar-refractivity contribution < 1.29 is 4.70 Å². The number of alkyl halides is 1. The molecule has 0 saturated heterocycles. The molecule has 0 atom stereocenters. The molecule has 0 aromatic carbocycles. The molecule has 0 amide bonds. The molecule has 0 heterocycles. The number of rotatable bonds is 0. The molecule has 0 aromatic rings. The van der Waals surface area contributed by atoms with Crippen molar-refractivity contribution in [2.75, 3.05) is 4.93 Å². The molecule has 3 heteroatoms. The van der Waals surface area contributed by atoms with Crippen molar-refractivity contribution in [2.24, 2.45) is 0 Å². The summed E-state index contributed by atoms with van der Waals surface area (Å²) in [5.41, 5.74) is 0. The Morgan fingerprint density at radius 3 is 1.25 bits per heavy atom. The number of halogens is 3. The molecule has 0 spiro atoms. The van der Waals surface area contributed by atoms with Crippen LogP contribution < -0.4 is 0 Å². The van der Waals surface area contributed by atoms with Crippen molar-refractivity contribution in [1.29, 1.82) is 0 Å². The second-order valence-corrected chi connectivity index (χ2v) is 0. The van der Waals surface area contributed by atoms with E-state index in [2.05, 4.69) is 22.6 Å². The van der Waals surface area contributed by atoms with Crippen molar-refractivity contribution in [1.82, 2.24) is 0 Å². The smallest absolute Gasteiger partial charge is 0.0121 e. The van der Waals surface area contributed by atoms with E-state index in [0.717, 1.165) is 0 Å². The highest BCUT2D eigenvalue weighted by atomic mass is 127. The van der Waals surface area contributed by atoms with Gasteiger partial charge in [-0.2, -0.15) is 0 Å². The van der Waals surface area contributed by atoms with Gasteiger partial charge in [-0.3, -0.25) is 4.70 Å². The summed E-state index contributed by atoms with van der Waals surface area (Å²) in [6.45, 7) is 0. The first kappa shape index (κ1) is 20.3. The monoisotopic (exact) mass is 198 g/mol. The van der Waals surface area contributed by atoms with Crippen molar-refractivity contribution in [3.05, 3.63) is 0 Å². The summed E-state index contributed by atoms with van der Waals surface area (Å²) in [6, 6.07) is 0. The highest BCUT2D eigenvalue weighted by Crippen LogP contribution is 1.48. The van der Waals surface area contributed by atoms with Crippen molar-refractivity contribution >= 4 is 35.0 Å². The lowest BCUT2D eigenvalue weighted by Gasteiger charge is -1.05. The van der Waals surface area contributed by atoms with Crippen molar-refractivity contribution in [3.63, 3.8) is 0 Å². The van der Waals surface area contributed by atoms with Crippen LogP contribution in [0.3, 0.4) is 0 Å². The van der Waals surface area contributed by atoms with E-state index < -0.39 is 0 Å². The first-order valence-electron chi connectivity index (χ1n) is 0.378. The lowest BCUT2D eigenvalue weighted by Crippen LogP contribution is -0.798. The third-order valence-electron chi connectivity index (χ3n) is 0. The van der Waals surface area contributed by atoms with Crippen LogP contribution in [0.4, 0.5) is 4.70 Å². The summed E-state index contributed by atoms with van der Waals surface area (Å²) in [7, 11) is 0. The predicted octanol–water partition coefficient (Wildman–Crippen LogP) is 1.63. The fraction of sp³-hybridized carbons (Fsp3) is 1.00. The van der Waals surface area contributed by atoms with Crippen molar-refractivity contribution in [3.8, 4) is 0 Å². The standard InChI is InChI=1S/CH3I.ClH.FH/c1-2;;/h1H3;2*1H. The Morgan fingerprint density at radius 1 is 1.25 bits per heavy atom. The largest absolute Gasteiger partial charge is 0.269 e. The molecule has 0 radical (unpaired) electrons. The molecule has 0 nitrogen and oxygen atoms in total. The van der Waals surface area contributed by atoms with Crippen LogP contribution in [-0.4, -0.2) is 4.93 Å². The average Bonchev–Trinajstić information content (AvgIpc) is 1.00.